The minimum Gasteiger partial charge on any atom is -0.492 e. The molecule has 1 saturated heterocycles. The van der Waals surface area contributed by atoms with Gasteiger partial charge in [-0.2, -0.15) is 8.42 Å². The molecule has 166 valence electrons. The maximum atomic E-state index is 13.0. The predicted octanol–water partition coefficient (Wildman–Crippen LogP) is 1.64. The second kappa shape index (κ2) is 7.83. The maximum absolute atomic E-state index is 13.0. The number of pyridine rings is 1. The number of carbonyl (C=O) groups is 1. The topological polar surface area (TPSA) is 131 Å². The number of imidazole rings is 1. The highest BCUT2D eigenvalue weighted by molar-refractivity contribution is 7.91. The molecule has 0 aliphatic carbocycles. The Morgan fingerprint density at radius 3 is 3.03 bits per heavy atom. The van der Waals surface area contributed by atoms with Crippen molar-refractivity contribution < 1.29 is 17.9 Å². The van der Waals surface area contributed by atoms with Crippen LogP contribution in [0, 0.1) is 5.92 Å². The molecule has 2 aromatic heterocycles. The number of nitrogens with zero attached hydrogens (tertiary/aromatic N) is 4. The number of ether oxygens (including phenoxy) is 1. The smallest absolute Gasteiger partial charge is 0.344 e. The average Bonchev–Trinajstić information content (AvgIpc) is 3.24. The van der Waals surface area contributed by atoms with Crippen molar-refractivity contribution in [1.29, 1.82) is 0 Å². The van der Waals surface area contributed by atoms with Gasteiger partial charge in [0.2, 0.25) is 0 Å². The number of amidine groups is 1. The molecule has 0 bridgehead atoms. The van der Waals surface area contributed by atoms with E-state index in [1.54, 1.807) is 36.5 Å². The first-order valence-corrected chi connectivity index (χ1v) is 11.7. The van der Waals surface area contributed by atoms with Crippen LogP contribution in [0.1, 0.15) is 28.8 Å². The molecule has 1 unspecified atom stereocenters. The number of amides is 1. The standard InChI is InChI=1S/C21H22N6O4S/c22-20-19-16(24-32(29,30)25-20)4-1-5-17(19)31-13-14-3-2-8-27(12-14)21(28)15-6-9-26-10-7-23-18(26)11-15/h1,4-7,9-11,14,24H,2-3,8,12-13H2,(H2,22,25). The number of anilines is 1. The van der Waals surface area contributed by atoms with E-state index in [9.17, 15) is 13.2 Å². The van der Waals surface area contributed by atoms with Crippen LogP contribution in [0.15, 0.2) is 53.3 Å². The molecule has 1 fully saturated rings. The fourth-order valence-corrected chi connectivity index (χ4v) is 5.00. The highest BCUT2D eigenvalue weighted by Gasteiger charge is 2.27. The van der Waals surface area contributed by atoms with Gasteiger partial charge in [-0.3, -0.25) is 9.52 Å². The number of carbonyl (C=O) groups excluding carboxylic acids is 1. The van der Waals surface area contributed by atoms with Crippen LogP contribution in [0.4, 0.5) is 5.69 Å². The summed E-state index contributed by atoms with van der Waals surface area (Å²) in [5.41, 5.74) is 7.99. The van der Waals surface area contributed by atoms with Crippen molar-refractivity contribution in [2.45, 2.75) is 12.8 Å². The fourth-order valence-electron chi connectivity index (χ4n) is 4.16. The Labute approximate surface area is 184 Å². The average molecular weight is 455 g/mol. The summed E-state index contributed by atoms with van der Waals surface area (Å²) in [7, 11) is -3.84. The van der Waals surface area contributed by atoms with E-state index < -0.39 is 10.2 Å². The normalized spacial score (nSPS) is 19.7. The SMILES string of the molecule is NC1=NS(=O)(=O)Nc2cccc(OCC3CCCN(C(=O)c4ccn5ccnc5c4)C3)c21. The molecule has 5 rings (SSSR count). The number of hydrogen-bond acceptors (Lipinski definition) is 6. The molecule has 1 aromatic carbocycles. The lowest BCUT2D eigenvalue weighted by Gasteiger charge is -2.33. The molecule has 2 aliphatic heterocycles. The summed E-state index contributed by atoms with van der Waals surface area (Å²) in [6.07, 6.45) is 7.17. The lowest BCUT2D eigenvalue weighted by atomic mass is 9.98. The van der Waals surface area contributed by atoms with Gasteiger partial charge in [-0.1, -0.05) is 6.07 Å². The van der Waals surface area contributed by atoms with Crippen LogP contribution >= 0.6 is 0 Å². The van der Waals surface area contributed by atoms with E-state index in [-0.39, 0.29) is 17.7 Å². The second-order valence-corrected chi connectivity index (χ2v) is 9.25. The molecule has 3 N–H and O–H groups in total. The van der Waals surface area contributed by atoms with E-state index in [4.69, 9.17) is 10.5 Å². The van der Waals surface area contributed by atoms with Gasteiger partial charge in [0.25, 0.3) is 5.91 Å². The monoisotopic (exact) mass is 454 g/mol. The van der Waals surface area contributed by atoms with Gasteiger partial charge in [0, 0.05) is 43.2 Å². The molecule has 1 amide bonds. The van der Waals surface area contributed by atoms with Crippen LogP contribution in [-0.2, 0) is 10.2 Å². The summed E-state index contributed by atoms with van der Waals surface area (Å²) in [5.74, 6) is 0.462. The molecule has 1 atom stereocenters. The van der Waals surface area contributed by atoms with Crippen LogP contribution in [0.2, 0.25) is 0 Å². The number of nitrogens with two attached hydrogens (primary N) is 1. The van der Waals surface area contributed by atoms with E-state index in [0.29, 0.717) is 42.3 Å². The van der Waals surface area contributed by atoms with Crippen molar-refractivity contribution in [3.63, 3.8) is 0 Å². The summed E-state index contributed by atoms with van der Waals surface area (Å²) in [6, 6.07) is 8.63. The van der Waals surface area contributed by atoms with Crippen LogP contribution in [0.25, 0.3) is 5.65 Å². The Morgan fingerprint density at radius 1 is 1.28 bits per heavy atom. The first kappa shape index (κ1) is 20.3. The Hall–Kier alpha value is -3.60. The van der Waals surface area contributed by atoms with Gasteiger partial charge >= 0.3 is 10.2 Å². The number of rotatable bonds is 4. The van der Waals surface area contributed by atoms with E-state index in [1.807, 2.05) is 21.7 Å². The Morgan fingerprint density at radius 2 is 2.16 bits per heavy atom. The molecule has 0 radical (unpaired) electrons. The first-order chi connectivity index (χ1) is 15.4. The molecule has 10 nitrogen and oxygen atoms in total. The number of piperidine rings is 1. The van der Waals surface area contributed by atoms with E-state index in [1.165, 1.54) is 0 Å². The molecule has 3 aromatic rings. The zero-order chi connectivity index (χ0) is 22.3. The maximum Gasteiger partial charge on any atom is 0.344 e. The fraction of sp³-hybridized carbons (Fsp3) is 0.286. The lowest BCUT2D eigenvalue weighted by molar-refractivity contribution is 0.0633. The number of hydrogen-bond donors (Lipinski definition) is 2. The van der Waals surface area contributed by atoms with Gasteiger partial charge in [-0.15, -0.1) is 4.40 Å². The minimum atomic E-state index is -3.84. The molecule has 2 aliphatic rings. The number of benzene rings is 1. The van der Waals surface area contributed by atoms with Crippen LogP contribution < -0.4 is 15.2 Å². The highest BCUT2D eigenvalue weighted by Crippen LogP contribution is 2.31. The summed E-state index contributed by atoms with van der Waals surface area (Å²) >= 11 is 0. The van der Waals surface area contributed by atoms with Gasteiger partial charge in [-0.05, 0) is 37.1 Å². The molecule has 4 heterocycles. The Kier molecular flexibility index (Phi) is 4.97. The van der Waals surface area contributed by atoms with Gasteiger partial charge in [0.05, 0.1) is 17.9 Å². The number of nitrogens with one attached hydrogen (secondary N) is 1. The summed E-state index contributed by atoms with van der Waals surface area (Å²) in [5, 5.41) is 0. The minimum absolute atomic E-state index is 0.0249. The van der Waals surface area contributed by atoms with Crippen molar-refractivity contribution in [3.05, 3.63) is 60.0 Å². The molecule has 32 heavy (non-hydrogen) atoms. The molecule has 0 saturated carbocycles. The van der Waals surface area contributed by atoms with Crippen LogP contribution in [0.3, 0.4) is 0 Å². The second-order valence-electron chi connectivity index (χ2n) is 7.91. The summed E-state index contributed by atoms with van der Waals surface area (Å²) < 4.78 is 37.3. The van der Waals surface area contributed by atoms with E-state index >= 15 is 0 Å². The Bertz CT molecular complexity index is 1330. The number of fused-ring (bicyclic) bond motifs is 2. The third-order valence-corrected chi connectivity index (χ3v) is 6.58. The van der Waals surface area contributed by atoms with Gasteiger partial charge < -0.3 is 19.8 Å². The molecule has 0 spiro atoms. The molecular formula is C21H22N6O4S. The van der Waals surface area contributed by atoms with Crippen molar-refractivity contribution in [2.75, 3.05) is 24.4 Å². The van der Waals surface area contributed by atoms with Crippen LogP contribution in [-0.4, -0.2) is 54.1 Å². The predicted molar refractivity (Wildman–Crippen MR) is 119 cm³/mol. The van der Waals surface area contributed by atoms with E-state index in [2.05, 4.69) is 14.1 Å². The third kappa shape index (κ3) is 3.86. The number of aromatic nitrogens is 2. The zero-order valence-corrected chi connectivity index (χ0v) is 18.0. The van der Waals surface area contributed by atoms with E-state index in [0.717, 1.165) is 18.5 Å². The lowest BCUT2D eigenvalue weighted by Crippen LogP contribution is -2.41. The largest absolute Gasteiger partial charge is 0.492 e. The Balaban J connectivity index is 1.28. The van der Waals surface area contributed by atoms with Gasteiger partial charge in [-0.25, -0.2) is 4.98 Å². The molecule has 11 heteroatoms. The van der Waals surface area contributed by atoms with Gasteiger partial charge in [0.1, 0.15) is 11.4 Å². The highest BCUT2D eigenvalue weighted by atomic mass is 32.2. The van der Waals surface area contributed by atoms with Crippen molar-refractivity contribution in [1.82, 2.24) is 14.3 Å². The van der Waals surface area contributed by atoms with Crippen molar-refractivity contribution >= 4 is 33.3 Å². The summed E-state index contributed by atoms with van der Waals surface area (Å²) in [4.78, 5) is 19.1. The third-order valence-electron chi connectivity index (χ3n) is 5.67. The zero-order valence-electron chi connectivity index (χ0n) is 17.1. The van der Waals surface area contributed by atoms with Gasteiger partial charge in [0.15, 0.2) is 5.84 Å². The summed E-state index contributed by atoms with van der Waals surface area (Å²) in [6.45, 7) is 1.64. The van der Waals surface area contributed by atoms with Crippen molar-refractivity contribution in [3.8, 4) is 5.75 Å². The molecular weight excluding hydrogens is 432 g/mol. The van der Waals surface area contributed by atoms with Crippen molar-refractivity contribution in [2.24, 2.45) is 16.0 Å². The first-order valence-electron chi connectivity index (χ1n) is 10.3. The van der Waals surface area contributed by atoms with Crippen LogP contribution in [0.5, 0.6) is 5.75 Å². The number of likely N-dealkylation sites (tertiary alicyclic amines) is 1. The quantitative estimate of drug-likeness (QED) is 0.616.